The molecule has 3 aliphatic rings. The molecule has 1 fully saturated rings. The first-order chi connectivity index (χ1) is 12.3. The summed E-state index contributed by atoms with van der Waals surface area (Å²) in [7, 11) is 0. The topological polar surface area (TPSA) is 50.8 Å². The van der Waals surface area contributed by atoms with Crippen molar-refractivity contribution >= 4 is 5.57 Å². The van der Waals surface area contributed by atoms with Crippen molar-refractivity contribution in [1.29, 1.82) is 10.5 Å². The monoisotopic (exact) mass is 325 g/mol. The summed E-state index contributed by atoms with van der Waals surface area (Å²) < 4.78 is 0. The summed E-state index contributed by atoms with van der Waals surface area (Å²) in [6.45, 7) is 2.16. The Morgan fingerprint density at radius 2 is 1.68 bits per heavy atom. The lowest BCUT2D eigenvalue weighted by molar-refractivity contribution is 0.468. The second-order valence-corrected chi connectivity index (χ2v) is 6.01. The summed E-state index contributed by atoms with van der Waals surface area (Å²) in [6.07, 6.45) is 10.1. The molecule has 3 rings (SSSR count). The largest absolute Gasteiger partial charge is 0.377 e. The van der Waals surface area contributed by atoms with Gasteiger partial charge in [-0.1, -0.05) is 48.5 Å². The van der Waals surface area contributed by atoms with E-state index >= 15 is 0 Å². The van der Waals surface area contributed by atoms with Crippen LogP contribution in [0.2, 0.25) is 0 Å². The fraction of sp³-hybridized carbons (Fsp3) is 0.182. The van der Waals surface area contributed by atoms with E-state index in [-0.39, 0.29) is 5.57 Å². The summed E-state index contributed by atoms with van der Waals surface area (Å²) in [6, 6.07) is 18.3. The lowest BCUT2D eigenvalue weighted by Crippen LogP contribution is -2.10. The Morgan fingerprint density at radius 1 is 0.920 bits per heavy atom. The van der Waals surface area contributed by atoms with E-state index in [1.807, 2.05) is 36.4 Å². The van der Waals surface area contributed by atoms with Gasteiger partial charge in [-0.2, -0.15) is 10.5 Å². The number of nitriles is 2. The summed E-state index contributed by atoms with van der Waals surface area (Å²) in [5.74, 6) is 0. The van der Waals surface area contributed by atoms with Crippen LogP contribution in [0.25, 0.3) is 16.7 Å². The van der Waals surface area contributed by atoms with Crippen molar-refractivity contribution in [2.24, 2.45) is 0 Å². The molecule has 3 nitrogen and oxygen atoms in total. The molecule has 0 saturated carbocycles. The molecule has 1 saturated heterocycles. The third-order valence-corrected chi connectivity index (χ3v) is 4.38. The highest BCUT2D eigenvalue weighted by Crippen LogP contribution is 2.33. The van der Waals surface area contributed by atoms with Gasteiger partial charge in [0.1, 0.15) is 17.7 Å². The van der Waals surface area contributed by atoms with Crippen LogP contribution in [-0.2, 0) is 0 Å². The van der Waals surface area contributed by atoms with Gasteiger partial charge in [-0.05, 0) is 53.5 Å². The maximum atomic E-state index is 8.98. The minimum atomic E-state index is 0.105. The van der Waals surface area contributed by atoms with Gasteiger partial charge in [0.05, 0.1) is 0 Å². The minimum absolute atomic E-state index is 0.105. The smallest absolute Gasteiger partial charge is 0.129 e. The van der Waals surface area contributed by atoms with Gasteiger partial charge >= 0.3 is 0 Å². The van der Waals surface area contributed by atoms with Gasteiger partial charge in [-0.15, -0.1) is 0 Å². The number of hydrogen-bond acceptors (Lipinski definition) is 3. The first-order valence-corrected chi connectivity index (χ1v) is 8.44. The third kappa shape index (κ3) is 3.97. The highest BCUT2D eigenvalue weighted by Gasteiger charge is 2.11. The first kappa shape index (κ1) is 16.6. The summed E-state index contributed by atoms with van der Waals surface area (Å²) >= 11 is 0. The van der Waals surface area contributed by atoms with Crippen LogP contribution < -0.4 is 0 Å². The van der Waals surface area contributed by atoms with E-state index in [9.17, 15) is 0 Å². The Hall–Kier alpha value is -3.30. The van der Waals surface area contributed by atoms with Crippen LogP contribution in [0.5, 0.6) is 0 Å². The fourth-order valence-corrected chi connectivity index (χ4v) is 3.05. The molecule has 0 aromatic carbocycles. The van der Waals surface area contributed by atoms with Crippen LogP contribution in [-0.4, -0.2) is 18.0 Å². The van der Waals surface area contributed by atoms with Gasteiger partial charge in [-0.3, -0.25) is 0 Å². The van der Waals surface area contributed by atoms with Crippen molar-refractivity contribution in [3.05, 3.63) is 78.0 Å². The Kier molecular flexibility index (Phi) is 5.29. The number of hydrogen-bond donors (Lipinski definition) is 0. The van der Waals surface area contributed by atoms with E-state index in [0.717, 1.165) is 29.8 Å². The highest BCUT2D eigenvalue weighted by atomic mass is 15.1. The van der Waals surface area contributed by atoms with Crippen LogP contribution in [0.3, 0.4) is 0 Å². The quantitative estimate of drug-likeness (QED) is 0.601. The summed E-state index contributed by atoms with van der Waals surface area (Å²) in [5, 5.41) is 18.0. The first-order valence-electron chi connectivity index (χ1n) is 8.44. The van der Waals surface area contributed by atoms with Gasteiger partial charge in [-0.25, -0.2) is 0 Å². The molecule has 0 aromatic rings. The van der Waals surface area contributed by atoms with Gasteiger partial charge in [0.2, 0.25) is 0 Å². The van der Waals surface area contributed by atoms with Crippen molar-refractivity contribution in [2.45, 2.75) is 12.8 Å². The van der Waals surface area contributed by atoms with E-state index in [0.29, 0.717) is 0 Å². The maximum Gasteiger partial charge on any atom is 0.129 e. The van der Waals surface area contributed by atoms with Crippen LogP contribution in [0.4, 0.5) is 0 Å². The zero-order valence-corrected chi connectivity index (χ0v) is 14.0. The zero-order valence-electron chi connectivity index (χ0n) is 14.0. The summed E-state index contributed by atoms with van der Waals surface area (Å²) in [5.41, 5.74) is 4.54. The van der Waals surface area contributed by atoms with Crippen LogP contribution >= 0.6 is 0 Å². The third-order valence-electron chi connectivity index (χ3n) is 4.38. The van der Waals surface area contributed by atoms with E-state index in [4.69, 9.17) is 10.5 Å². The lowest BCUT2D eigenvalue weighted by Gasteiger charge is -2.11. The van der Waals surface area contributed by atoms with Crippen molar-refractivity contribution in [3.63, 3.8) is 0 Å². The average Bonchev–Trinajstić information content (AvgIpc) is 3.23. The van der Waals surface area contributed by atoms with E-state index in [2.05, 4.69) is 41.4 Å². The standard InChI is InChI=1S/C22H19N3/c23-16-18(17-24)8-9-20(12-15-25-13-4-5-14-25)22-11-10-19-6-2-1-3-7-21(19)22/h1-3,6-12,15H,4-5,13-14H2/b15-12+,20-9+. The van der Waals surface area contributed by atoms with Crippen LogP contribution in [0.15, 0.2) is 72.5 Å². The van der Waals surface area contributed by atoms with E-state index in [1.165, 1.54) is 18.4 Å². The van der Waals surface area contributed by atoms with Crippen molar-refractivity contribution in [3.8, 4) is 23.3 Å². The second kappa shape index (κ2) is 7.99. The SMILES string of the molecule is N#CC(C#N)=C/C=C(\C=C\N1CCCC1)c1ccc2cccccc1-2. The van der Waals surface area contributed by atoms with E-state index < -0.39 is 0 Å². The molecular weight excluding hydrogens is 306 g/mol. The van der Waals surface area contributed by atoms with Gasteiger partial charge in [0, 0.05) is 13.1 Å². The van der Waals surface area contributed by atoms with Crippen LogP contribution in [0, 0.1) is 22.7 Å². The molecule has 0 aromatic heterocycles. The van der Waals surface area contributed by atoms with Gasteiger partial charge < -0.3 is 4.90 Å². The zero-order chi connectivity index (χ0) is 17.5. The lowest BCUT2D eigenvalue weighted by atomic mass is 10.0. The second-order valence-electron chi connectivity index (χ2n) is 6.01. The number of allylic oxidation sites excluding steroid dienone is 5. The predicted octanol–water partition coefficient (Wildman–Crippen LogP) is 4.76. The number of nitrogens with zero attached hydrogens (tertiary/aromatic N) is 3. The van der Waals surface area contributed by atoms with Crippen LogP contribution in [0.1, 0.15) is 18.4 Å². The molecule has 0 amide bonds. The Balaban J connectivity index is 2.01. The number of likely N-dealkylation sites (tertiary alicyclic amines) is 1. The molecule has 122 valence electrons. The number of rotatable bonds is 4. The molecular formula is C22H19N3. The maximum absolute atomic E-state index is 8.98. The molecule has 1 heterocycles. The Labute approximate surface area is 148 Å². The van der Waals surface area contributed by atoms with Crippen molar-refractivity contribution < 1.29 is 0 Å². The molecule has 0 unspecified atom stereocenters. The average molecular weight is 325 g/mol. The van der Waals surface area contributed by atoms with E-state index in [1.54, 1.807) is 6.08 Å². The number of fused-ring (bicyclic) bond motifs is 1. The van der Waals surface area contributed by atoms with Gasteiger partial charge in [0.15, 0.2) is 0 Å². The highest BCUT2D eigenvalue weighted by molar-refractivity contribution is 5.88. The fourth-order valence-electron chi connectivity index (χ4n) is 3.05. The molecule has 0 atom stereocenters. The molecule has 0 spiro atoms. The molecule has 25 heavy (non-hydrogen) atoms. The molecule has 0 bridgehead atoms. The molecule has 1 aliphatic heterocycles. The molecule has 3 heteroatoms. The Bertz CT molecular complexity index is 868. The predicted molar refractivity (Wildman–Crippen MR) is 100 cm³/mol. The van der Waals surface area contributed by atoms with Crippen molar-refractivity contribution in [2.75, 3.05) is 13.1 Å². The normalized spacial score (nSPS) is 14.5. The molecule has 0 N–H and O–H groups in total. The van der Waals surface area contributed by atoms with Crippen molar-refractivity contribution in [1.82, 2.24) is 4.90 Å². The Morgan fingerprint density at radius 3 is 2.44 bits per heavy atom. The minimum Gasteiger partial charge on any atom is -0.377 e. The van der Waals surface area contributed by atoms with Gasteiger partial charge in [0.25, 0.3) is 0 Å². The molecule has 2 aliphatic carbocycles. The molecule has 0 radical (unpaired) electrons. The summed E-state index contributed by atoms with van der Waals surface area (Å²) in [4.78, 5) is 2.30.